The van der Waals surface area contributed by atoms with E-state index in [0.717, 1.165) is 37.8 Å². The van der Waals surface area contributed by atoms with Gasteiger partial charge >= 0.3 is 0 Å². The number of hydrogen-bond donors (Lipinski definition) is 2. The monoisotopic (exact) mass is 277 g/mol. The molecule has 0 aliphatic heterocycles. The Labute approximate surface area is 119 Å². The summed E-state index contributed by atoms with van der Waals surface area (Å²) in [6, 6.07) is 1.62. The van der Waals surface area contributed by atoms with E-state index in [4.69, 9.17) is 0 Å². The molecule has 1 amide bonds. The molecule has 2 atom stereocenters. The number of rotatable bonds is 3. The van der Waals surface area contributed by atoms with Crippen molar-refractivity contribution < 1.29 is 9.90 Å². The first kappa shape index (κ1) is 14.9. The van der Waals surface area contributed by atoms with E-state index in [-0.39, 0.29) is 11.9 Å². The zero-order valence-electron chi connectivity index (χ0n) is 12.2. The molecule has 1 aliphatic carbocycles. The van der Waals surface area contributed by atoms with E-state index < -0.39 is 6.10 Å². The molecule has 1 fully saturated rings. The van der Waals surface area contributed by atoms with E-state index in [1.807, 2.05) is 13.8 Å². The Bertz CT molecular complexity index is 476. The highest BCUT2D eigenvalue weighted by molar-refractivity contribution is 5.95. The smallest absolute Gasteiger partial charge is 0.253 e. The Hall–Kier alpha value is -1.49. The number of carbonyl (C=O) groups is 1. The van der Waals surface area contributed by atoms with E-state index in [1.54, 1.807) is 6.07 Å². The predicted octanol–water partition coefficient (Wildman–Crippen LogP) is 1.77. The van der Waals surface area contributed by atoms with Crippen LogP contribution in [0.1, 0.15) is 60.8 Å². The van der Waals surface area contributed by atoms with Gasteiger partial charge in [-0.05, 0) is 32.3 Å². The second-order valence-electron chi connectivity index (χ2n) is 5.48. The fourth-order valence-electron chi connectivity index (χ4n) is 2.67. The van der Waals surface area contributed by atoms with Gasteiger partial charge in [0.2, 0.25) is 0 Å². The van der Waals surface area contributed by atoms with Crippen molar-refractivity contribution in [1.82, 2.24) is 15.5 Å². The van der Waals surface area contributed by atoms with E-state index >= 15 is 0 Å². The number of hydrogen-bond acceptors (Lipinski definition) is 4. The minimum Gasteiger partial charge on any atom is -0.391 e. The van der Waals surface area contributed by atoms with Gasteiger partial charge < -0.3 is 10.4 Å². The SMILES string of the molecule is CCc1nnc(C)cc1C(=O)NC1CCCCCC1O. The molecule has 2 unspecified atom stereocenters. The summed E-state index contributed by atoms with van der Waals surface area (Å²) in [5, 5.41) is 21.1. The maximum absolute atomic E-state index is 12.4. The molecule has 2 rings (SSSR count). The van der Waals surface area contributed by atoms with Gasteiger partial charge in [-0.2, -0.15) is 10.2 Å². The van der Waals surface area contributed by atoms with Crippen molar-refractivity contribution in [2.75, 3.05) is 0 Å². The van der Waals surface area contributed by atoms with E-state index in [9.17, 15) is 9.90 Å². The Morgan fingerprint density at radius 3 is 2.85 bits per heavy atom. The maximum atomic E-state index is 12.4. The molecule has 2 N–H and O–H groups in total. The molecule has 1 saturated carbocycles. The first-order valence-electron chi connectivity index (χ1n) is 7.44. The topological polar surface area (TPSA) is 75.1 Å². The van der Waals surface area contributed by atoms with Crippen molar-refractivity contribution in [2.45, 2.75) is 64.5 Å². The van der Waals surface area contributed by atoms with E-state index in [0.29, 0.717) is 17.7 Å². The molecule has 0 radical (unpaired) electrons. The van der Waals surface area contributed by atoms with Gasteiger partial charge in [0.1, 0.15) is 0 Å². The van der Waals surface area contributed by atoms with Gasteiger partial charge in [0, 0.05) is 0 Å². The summed E-state index contributed by atoms with van der Waals surface area (Å²) >= 11 is 0. The summed E-state index contributed by atoms with van der Waals surface area (Å²) in [5.41, 5.74) is 2.02. The quantitative estimate of drug-likeness (QED) is 0.826. The third kappa shape index (κ3) is 3.54. The van der Waals surface area contributed by atoms with Gasteiger partial charge in [0.05, 0.1) is 29.1 Å². The van der Waals surface area contributed by atoms with Crippen molar-refractivity contribution in [1.29, 1.82) is 0 Å². The minimum absolute atomic E-state index is 0.147. The molecule has 5 heteroatoms. The molecule has 1 aromatic rings. The summed E-state index contributed by atoms with van der Waals surface area (Å²) in [6.45, 7) is 3.78. The number of carbonyl (C=O) groups excluding carboxylic acids is 1. The molecule has 1 aliphatic rings. The minimum atomic E-state index is -0.442. The van der Waals surface area contributed by atoms with Crippen LogP contribution in [0.3, 0.4) is 0 Å². The van der Waals surface area contributed by atoms with E-state index in [2.05, 4.69) is 15.5 Å². The standard InChI is InChI=1S/C15H23N3O2/c1-3-12-11(9-10(2)17-18-12)15(20)16-13-7-5-4-6-8-14(13)19/h9,13-14,19H,3-8H2,1-2H3,(H,16,20). The molecular weight excluding hydrogens is 254 g/mol. The highest BCUT2D eigenvalue weighted by Crippen LogP contribution is 2.19. The average Bonchev–Trinajstić information content (AvgIpc) is 2.64. The lowest BCUT2D eigenvalue weighted by molar-refractivity contribution is 0.0817. The van der Waals surface area contributed by atoms with Crippen molar-refractivity contribution in [3.63, 3.8) is 0 Å². The van der Waals surface area contributed by atoms with E-state index in [1.165, 1.54) is 0 Å². The first-order valence-corrected chi connectivity index (χ1v) is 7.44. The Balaban J connectivity index is 2.12. The molecule has 20 heavy (non-hydrogen) atoms. The molecular formula is C15H23N3O2. The molecule has 1 aromatic heterocycles. The molecule has 110 valence electrons. The number of aromatic nitrogens is 2. The Morgan fingerprint density at radius 2 is 2.10 bits per heavy atom. The van der Waals surface area contributed by atoms with Crippen LogP contribution < -0.4 is 5.32 Å². The van der Waals surface area contributed by atoms with Gasteiger partial charge in [0.15, 0.2) is 0 Å². The summed E-state index contributed by atoms with van der Waals surface area (Å²) < 4.78 is 0. The number of aliphatic hydroxyl groups excluding tert-OH is 1. The number of aryl methyl sites for hydroxylation is 2. The highest BCUT2D eigenvalue weighted by atomic mass is 16.3. The lowest BCUT2D eigenvalue weighted by atomic mass is 10.0. The summed E-state index contributed by atoms with van der Waals surface area (Å²) in [6.07, 6.45) is 5.04. The van der Waals surface area contributed by atoms with Crippen LogP contribution in [-0.2, 0) is 6.42 Å². The summed E-state index contributed by atoms with van der Waals surface area (Å²) in [5.74, 6) is -0.147. The lowest BCUT2D eigenvalue weighted by Gasteiger charge is -2.22. The van der Waals surface area contributed by atoms with Gasteiger partial charge in [-0.15, -0.1) is 0 Å². The van der Waals surface area contributed by atoms with Crippen LogP contribution in [0.15, 0.2) is 6.07 Å². The molecule has 0 aromatic carbocycles. The number of aliphatic hydroxyl groups is 1. The molecule has 0 bridgehead atoms. The third-order valence-electron chi connectivity index (χ3n) is 3.87. The lowest BCUT2D eigenvalue weighted by Crippen LogP contribution is -2.43. The zero-order valence-corrected chi connectivity index (χ0v) is 12.2. The van der Waals surface area contributed by atoms with Gasteiger partial charge in [-0.1, -0.05) is 26.2 Å². The van der Waals surface area contributed by atoms with Crippen molar-refractivity contribution >= 4 is 5.91 Å². The van der Waals surface area contributed by atoms with Crippen LogP contribution in [-0.4, -0.2) is 33.4 Å². The van der Waals surface area contributed by atoms with Gasteiger partial charge in [0.25, 0.3) is 5.91 Å². The molecule has 0 spiro atoms. The largest absolute Gasteiger partial charge is 0.391 e. The van der Waals surface area contributed by atoms with Crippen LogP contribution in [0, 0.1) is 6.92 Å². The number of nitrogens with zero attached hydrogens (tertiary/aromatic N) is 2. The zero-order chi connectivity index (χ0) is 14.5. The average molecular weight is 277 g/mol. The third-order valence-corrected chi connectivity index (χ3v) is 3.87. The summed E-state index contributed by atoms with van der Waals surface area (Å²) in [4.78, 5) is 12.4. The predicted molar refractivity (Wildman–Crippen MR) is 76.5 cm³/mol. The van der Waals surface area contributed by atoms with Gasteiger partial charge in [-0.25, -0.2) is 0 Å². The van der Waals surface area contributed by atoms with Crippen molar-refractivity contribution in [3.05, 3.63) is 23.0 Å². The number of amides is 1. The normalized spacial score (nSPS) is 23.1. The van der Waals surface area contributed by atoms with Crippen LogP contribution >= 0.6 is 0 Å². The fourth-order valence-corrected chi connectivity index (χ4v) is 2.67. The maximum Gasteiger partial charge on any atom is 0.253 e. The molecule has 5 nitrogen and oxygen atoms in total. The van der Waals surface area contributed by atoms with Crippen LogP contribution in [0.2, 0.25) is 0 Å². The van der Waals surface area contributed by atoms with Gasteiger partial charge in [-0.3, -0.25) is 4.79 Å². The highest BCUT2D eigenvalue weighted by Gasteiger charge is 2.24. The second-order valence-corrected chi connectivity index (χ2v) is 5.48. The molecule has 0 saturated heterocycles. The van der Waals surface area contributed by atoms with Crippen LogP contribution in [0.25, 0.3) is 0 Å². The number of nitrogens with one attached hydrogen (secondary N) is 1. The Morgan fingerprint density at radius 1 is 1.35 bits per heavy atom. The first-order chi connectivity index (χ1) is 9.61. The van der Waals surface area contributed by atoms with Crippen molar-refractivity contribution in [3.8, 4) is 0 Å². The van der Waals surface area contributed by atoms with Crippen LogP contribution in [0.5, 0.6) is 0 Å². The van der Waals surface area contributed by atoms with Crippen molar-refractivity contribution in [2.24, 2.45) is 0 Å². The summed E-state index contributed by atoms with van der Waals surface area (Å²) in [7, 11) is 0. The fraction of sp³-hybridized carbons (Fsp3) is 0.667. The Kier molecular flexibility index (Phi) is 5.06. The van der Waals surface area contributed by atoms with Crippen LogP contribution in [0.4, 0.5) is 0 Å². The second kappa shape index (κ2) is 6.79. The molecule has 1 heterocycles.